The molecule has 1 amide bonds. The van der Waals surface area contributed by atoms with Crippen LogP contribution in [-0.2, 0) is 6.42 Å². The molecular weight excluding hydrogens is 342 g/mol. The summed E-state index contributed by atoms with van der Waals surface area (Å²) in [6.45, 7) is 2.49. The van der Waals surface area contributed by atoms with Crippen molar-refractivity contribution in [2.75, 3.05) is 24.3 Å². The summed E-state index contributed by atoms with van der Waals surface area (Å²) in [6, 6.07) is 13.1. The third kappa shape index (κ3) is 2.91. The zero-order chi connectivity index (χ0) is 19.0. The van der Waals surface area contributed by atoms with Gasteiger partial charge in [0, 0.05) is 17.9 Å². The lowest BCUT2D eigenvalue weighted by atomic mass is 9.99. The Morgan fingerprint density at radius 1 is 1.19 bits per heavy atom. The predicted octanol–water partition coefficient (Wildman–Crippen LogP) is 2.76. The van der Waals surface area contributed by atoms with Gasteiger partial charge in [0.1, 0.15) is 5.75 Å². The summed E-state index contributed by atoms with van der Waals surface area (Å²) in [6.07, 6.45) is 1.75. The van der Waals surface area contributed by atoms with Crippen LogP contribution >= 0.6 is 0 Å². The molecule has 1 aromatic heterocycles. The first-order valence-corrected chi connectivity index (χ1v) is 8.86. The van der Waals surface area contributed by atoms with Gasteiger partial charge in [0.05, 0.1) is 18.5 Å². The Bertz CT molecular complexity index is 994. The van der Waals surface area contributed by atoms with E-state index in [0.717, 1.165) is 41.2 Å². The number of ether oxygens (including phenoxy) is 1. The molecule has 0 fully saturated rings. The highest BCUT2D eigenvalue weighted by atomic mass is 16.5. The lowest BCUT2D eigenvalue weighted by molar-refractivity contribution is 0.0979. The van der Waals surface area contributed by atoms with E-state index < -0.39 is 0 Å². The van der Waals surface area contributed by atoms with E-state index in [0.29, 0.717) is 17.9 Å². The average molecular weight is 363 g/mol. The maximum atomic E-state index is 13.2. The normalized spacial score (nSPS) is 13.3. The zero-order valence-electron chi connectivity index (χ0n) is 15.3. The summed E-state index contributed by atoms with van der Waals surface area (Å²) in [5.41, 5.74) is 10.6. The fourth-order valence-corrected chi connectivity index (χ4v) is 3.49. The second-order valence-corrected chi connectivity index (χ2v) is 6.54. The largest absolute Gasteiger partial charge is 0.497 e. The molecule has 2 aromatic carbocycles. The number of nitrogens with two attached hydrogens (primary N) is 1. The lowest BCUT2D eigenvalue weighted by Crippen LogP contribution is -2.36. The molecule has 2 N–H and O–H groups in total. The van der Waals surface area contributed by atoms with Crippen LogP contribution in [0.3, 0.4) is 0 Å². The standard InChI is InChI=1S/C20H21N5O2/c1-13-19(22-23-25(13)14-8-10-15(27-2)11-9-14)20(26)24-12-4-5-16-17(21)6-3-7-18(16)24/h3,6-11H,4-5,12,21H2,1-2H3. The molecule has 0 spiro atoms. The molecule has 2 heterocycles. The minimum absolute atomic E-state index is 0.154. The van der Waals surface area contributed by atoms with Crippen LogP contribution in [0.4, 0.5) is 11.4 Å². The van der Waals surface area contributed by atoms with E-state index in [9.17, 15) is 4.79 Å². The SMILES string of the molecule is COc1ccc(-n2nnc(C(=O)N3CCCc4c(N)cccc43)c2C)cc1. The van der Waals surface area contributed by atoms with Crippen molar-refractivity contribution < 1.29 is 9.53 Å². The predicted molar refractivity (Wildman–Crippen MR) is 103 cm³/mol. The number of methoxy groups -OCH3 is 1. The number of nitrogens with zero attached hydrogens (tertiary/aromatic N) is 4. The van der Waals surface area contributed by atoms with E-state index in [1.165, 1.54) is 0 Å². The van der Waals surface area contributed by atoms with Crippen LogP contribution in [-0.4, -0.2) is 34.6 Å². The van der Waals surface area contributed by atoms with Gasteiger partial charge in [-0.15, -0.1) is 5.10 Å². The Kier molecular flexibility index (Phi) is 4.27. The summed E-state index contributed by atoms with van der Waals surface area (Å²) < 4.78 is 6.85. The molecule has 0 radical (unpaired) electrons. The minimum atomic E-state index is -0.154. The summed E-state index contributed by atoms with van der Waals surface area (Å²) in [5.74, 6) is 0.606. The van der Waals surface area contributed by atoms with Crippen molar-refractivity contribution in [2.45, 2.75) is 19.8 Å². The number of rotatable bonds is 3. The van der Waals surface area contributed by atoms with Gasteiger partial charge >= 0.3 is 0 Å². The highest BCUT2D eigenvalue weighted by Crippen LogP contribution is 2.32. The van der Waals surface area contributed by atoms with E-state index in [2.05, 4.69) is 10.3 Å². The van der Waals surface area contributed by atoms with E-state index in [4.69, 9.17) is 10.5 Å². The average Bonchev–Trinajstić information content (AvgIpc) is 3.09. The zero-order valence-corrected chi connectivity index (χ0v) is 15.3. The summed E-state index contributed by atoms with van der Waals surface area (Å²) >= 11 is 0. The number of anilines is 2. The molecule has 1 aliphatic rings. The summed E-state index contributed by atoms with van der Waals surface area (Å²) in [7, 11) is 1.62. The number of carbonyl (C=O) groups excluding carboxylic acids is 1. The molecule has 3 aromatic rings. The number of aromatic nitrogens is 3. The third-order valence-corrected chi connectivity index (χ3v) is 4.95. The van der Waals surface area contributed by atoms with Crippen molar-refractivity contribution >= 4 is 17.3 Å². The lowest BCUT2D eigenvalue weighted by Gasteiger charge is -2.29. The number of hydrogen-bond acceptors (Lipinski definition) is 5. The van der Waals surface area contributed by atoms with Crippen LogP contribution in [0.15, 0.2) is 42.5 Å². The number of amides is 1. The molecule has 0 aliphatic carbocycles. The molecule has 0 atom stereocenters. The monoisotopic (exact) mass is 363 g/mol. The molecule has 7 heteroatoms. The molecule has 1 aliphatic heterocycles. The fourth-order valence-electron chi connectivity index (χ4n) is 3.49. The van der Waals surface area contributed by atoms with Gasteiger partial charge < -0.3 is 15.4 Å². The highest BCUT2D eigenvalue weighted by molar-refractivity contribution is 6.06. The molecular formula is C20H21N5O2. The quantitative estimate of drug-likeness (QED) is 0.723. The third-order valence-electron chi connectivity index (χ3n) is 4.95. The van der Waals surface area contributed by atoms with Crippen LogP contribution < -0.4 is 15.4 Å². The minimum Gasteiger partial charge on any atom is -0.497 e. The smallest absolute Gasteiger partial charge is 0.280 e. The first-order valence-electron chi connectivity index (χ1n) is 8.86. The number of hydrogen-bond donors (Lipinski definition) is 1. The van der Waals surface area contributed by atoms with Crippen LogP contribution in [0.25, 0.3) is 5.69 Å². The topological polar surface area (TPSA) is 86.3 Å². The fraction of sp³-hybridized carbons (Fsp3) is 0.250. The molecule has 27 heavy (non-hydrogen) atoms. The molecule has 138 valence electrons. The first-order chi connectivity index (χ1) is 13.1. The number of carbonyl (C=O) groups is 1. The van der Waals surface area contributed by atoms with Crippen LogP contribution in [0.2, 0.25) is 0 Å². The second kappa shape index (κ2) is 6.75. The number of nitrogen functional groups attached to an aromatic ring is 1. The van der Waals surface area contributed by atoms with Crippen molar-refractivity contribution in [3.63, 3.8) is 0 Å². The van der Waals surface area contributed by atoms with Gasteiger partial charge in [0.15, 0.2) is 5.69 Å². The van der Waals surface area contributed by atoms with E-state index in [1.54, 1.807) is 16.7 Å². The maximum Gasteiger partial charge on any atom is 0.280 e. The molecule has 0 saturated heterocycles. The Balaban J connectivity index is 1.68. The second-order valence-electron chi connectivity index (χ2n) is 6.54. The van der Waals surface area contributed by atoms with E-state index in [-0.39, 0.29) is 5.91 Å². The van der Waals surface area contributed by atoms with Gasteiger partial charge in [0.25, 0.3) is 5.91 Å². The Morgan fingerprint density at radius 2 is 1.96 bits per heavy atom. The maximum absolute atomic E-state index is 13.2. The van der Waals surface area contributed by atoms with Crippen molar-refractivity contribution in [3.05, 3.63) is 59.4 Å². The van der Waals surface area contributed by atoms with Gasteiger partial charge in [-0.2, -0.15) is 0 Å². The summed E-state index contributed by atoms with van der Waals surface area (Å²) in [5, 5.41) is 8.35. The molecule has 0 bridgehead atoms. The highest BCUT2D eigenvalue weighted by Gasteiger charge is 2.28. The van der Waals surface area contributed by atoms with Crippen LogP contribution in [0.5, 0.6) is 5.75 Å². The van der Waals surface area contributed by atoms with E-state index in [1.807, 2.05) is 49.4 Å². The van der Waals surface area contributed by atoms with Gasteiger partial charge in [-0.05, 0) is 61.7 Å². The first kappa shape index (κ1) is 17.1. The molecule has 0 saturated carbocycles. The van der Waals surface area contributed by atoms with Crippen LogP contribution in [0, 0.1) is 6.92 Å². The van der Waals surface area contributed by atoms with Crippen molar-refractivity contribution in [1.29, 1.82) is 0 Å². The Labute approximate surface area is 157 Å². The van der Waals surface area contributed by atoms with Gasteiger partial charge in [-0.1, -0.05) is 11.3 Å². The van der Waals surface area contributed by atoms with Gasteiger partial charge in [-0.3, -0.25) is 4.79 Å². The van der Waals surface area contributed by atoms with Crippen molar-refractivity contribution in [2.24, 2.45) is 0 Å². The Morgan fingerprint density at radius 3 is 2.70 bits per heavy atom. The van der Waals surface area contributed by atoms with Crippen LogP contribution in [0.1, 0.15) is 28.2 Å². The van der Waals surface area contributed by atoms with Gasteiger partial charge in [-0.25, -0.2) is 4.68 Å². The Hall–Kier alpha value is -3.35. The van der Waals surface area contributed by atoms with Crippen molar-refractivity contribution in [1.82, 2.24) is 15.0 Å². The van der Waals surface area contributed by atoms with Gasteiger partial charge in [0.2, 0.25) is 0 Å². The molecule has 4 rings (SSSR count). The van der Waals surface area contributed by atoms with Crippen molar-refractivity contribution in [3.8, 4) is 11.4 Å². The molecule has 0 unspecified atom stereocenters. The van der Waals surface area contributed by atoms with E-state index >= 15 is 0 Å². The number of fused-ring (bicyclic) bond motifs is 1. The number of benzene rings is 2. The molecule has 7 nitrogen and oxygen atoms in total. The summed E-state index contributed by atoms with van der Waals surface area (Å²) in [4.78, 5) is 14.9.